The second-order valence-corrected chi connectivity index (χ2v) is 7.76. The first-order chi connectivity index (χ1) is 13.0. The zero-order chi connectivity index (χ0) is 19.0. The molecule has 0 spiro atoms. The minimum absolute atomic E-state index is 0.0630. The maximum atomic E-state index is 12.6. The lowest BCUT2D eigenvalue weighted by Gasteiger charge is -2.07. The number of nitrogens with one attached hydrogen (secondary N) is 2. The molecule has 0 saturated carbocycles. The highest BCUT2D eigenvalue weighted by atomic mass is 32.1. The number of hydrogen-bond donors (Lipinski definition) is 2. The predicted molar refractivity (Wildman–Crippen MR) is 111 cm³/mol. The molecule has 0 aliphatic rings. The molecule has 1 amide bonds. The zero-order valence-electron chi connectivity index (χ0n) is 14.8. The molecular weight excluding hydrogens is 378 g/mol. The van der Waals surface area contributed by atoms with Crippen molar-refractivity contribution in [2.24, 2.45) is 0 Å². The minimum Gasteiger partial charge on any atom is -0.300 e. The number of aryl methyl sites for hydroxylation is 2. The van der Waals surface area contributed by atoms with Gasteiger partial charge < -0.3 is 5.32 Å². The molecule has 4 rings (SSSR count). The summed E-state index contributed by atoms with van der Waals surface area (Å²) in [4.78, 5) is 17.0. The molecule has 2 aromatic carbocycles. The molecule has 2 N–H and O–H groups in total. The van der Waals surface area contributed by atoms with Gasteiger partial charge in [-0.25, -0.2) is 4.98 Å². The van der Waals surface area contributed by atoms with Crippen molar-refractivity contribution in [3.8, 4) is 11.4 Å². The number of anilines is 1. The maximum Gasteiger partial charge on any atom is 0.246 e. The van der Waals surface area contributed by atoms with E-state index in [-0.39, 0.29) is 12.5 Å². The van der Waals surface area contributed by atoms with Gasteiger partial charge in [0.2, 0.25) is 5.91 Å². The summed E-state index contributed by atoms with van der Waals surface area (Å²) < 4.78 is 3.14. The summed E-state index contributed by atoms with van der Waals surface area (Å²) >= 11 is 6.76. The summed E-state index contributed by atoms with van der Waals surface area (Å²) in [5, 5.41) is 10.5. The van der Waals surface area contributed by atoms with Gasteiger partial charge in [0.15, 0.2) is 15.7 Å². The van der Waals surface area contributed by atoms with Gasteiger partial charge in [-0.3, -0.25) is 14.5 Å². The molecule has 136 valence electrons. The van der Waals surface area contributed by atoms with Crippen LogP contribution in [0.5, 0.6) is 0 Å². The molecule has 6 nitrogen and oxygen atoms in total. The molecule has 2 heterocycles. The van der Waals surface area contributed by atoms with E-state index in [0.717, 1.165) is 26.9 Å². The van der Waals surface area contributed by atoms with Crippen molar-refractivity contribution >= 4 is 44.8 Å². The number of H-pyrrole nitrogens is 1. The van der Waals surface area contributed by atoms with Crippen LogP contribution in [0.3, 0.4) is 0 Å². The molecule has 4 aromatic rings. The molecule has 27 heavy (non-hydrogen) atoms. The monoisotopic (exact) mass is 395 g/mol. The molecule has 0 aliphatic carbocycles. The maximum absolute atomic E-state index is 12.6. The van der Waals surface area contributed by atoms with Crippen molar-refractivity contribution in [1.29, 1.82) is 0 Å². The third-order valence-electron chi connectivity index (χ3n) is 4.16. The number of carbonyl (C=O) groups is 1. The first-order valence-electron chi connectivity index (χ1n) is 8.39. The molecule has 0 saturated heterocycles. The van der Waals surface area contributed by atoms with Crippen LogP contribution in [-0.4, -0.2) is 25.7 Å². The van der Waals surface area contributed by atoms with Gasteiger partial charge in [0.05, 0.1) is 10.2 Å². The van der Waals surface area contributed by atoms with E-state index >= 15 is 0 Å². The normalized spacial score (nSPS) is 11.0. The fourth-order valence-electron chi connectivity index (χ4n) is 2.78. The molecule has 0 aliphatic heterocycles. The number of thiazole rings is 1. The molecule has 2 aromatic heterocycles. The predicted octanol–water partition coefficient (Wildman–Crippen LogP) is 4.47. The first kappa shape index (κ1) is 17.6. The van der Waals surface area contributed by atoms with E-state index < -0.39 is 0 Å². The van der Waals surface area contributed by atoms with Crippen LogP contribution in [0.15, 0.2) is 42.5 Å². The van der Waals surface area contributed by atoms with Crippen LogP contribution in [0.25, 0.3) is 21.6 Å². The average molecular weight is 396 g/mol. The number of aromatic nitrogens is 4. The van der Waals surface area contributed by atoms with Gasteiger partial charge in [0.1, 0.15) is 6.54 Å². The second-order valence-electron chi connectivity index (χ2n) is 6.34. The van der Waals surface area contributed by atoms with Gasteiger partial charge in [-0.2, -0.15) is 5.10 Å². The highest BCUT2D eigenvalue weighted by Crippen LogP contribution is 2.26. The van der Waals surface area contributed by atoms with Gasteiger partial charge in [-0.05, 0) is 43.8 Å². The SMILES string of the molecule is Cc1ccc(-c2n[nH]c(=S)n2CC(=O)Nc2nc3ccc(C)cc3s2)cc1. The van der Waals surface area contributed by atoms with E-state index in [4.69, 9.17) is 12.2 Å². The Morgan fingerprint density at radius 2 is 1.93 bits per heavy atom. The van der Waals surface area contributed by atoms with Gasteiger partial charge in [0.25, 0.3) is 0 Å². The number of benzene rings is 2. The van der Waals surface area contributed by atoms with E-state index in [1.807, 2.05) is 50.2 Å². The van der Waals surface area contributed by atoms with Crippen molar-refractivity contribution in [3.05, 3.63) is 58.4 Å². The average Bonchev–Trinajstić information content (AvgIpc) is 3.19. The van der Waals surface area contributed by atoms with Crippen LogP contribution < -0.4 is 5.32 Å². The van der Waals surface area contributed by atoms with Crippen LogP contribution in [-0.2, 0) is 11.3 Å². The van der Waals surface area contributed by atoms with Crippen LogP contribution >= 0.6 is 23.6 Å². The fraction of sp³-hybridized carbons (Fsp3) is 0.158. The van der Waals surface area contributed by atoms with E-state index in [1.165, 1.54) is 11.3 Å². The molecule has 0 fully saturated rings. The molecule has 0 unspecified atom stereocenters. The Hall–Kier alpha value is -2.84. The minimum atomic E-state index is -0.198. The number of fused-ring (bicyclic) bond motifs is 1. The van der Waals surface area contributed by atoms with Crippen molar-refractivity contribution < 1.29 is 4.79 Å². The topological polar surface area (TPSA) is 75.6 Å². The Morgan fingerprint density at radius 1 is 1.19 bits per heavy atom. The first-order valence-corrected chi connectivity index (χ1v) is 9.61. The van der Waals surface area contributed by atoms with E-state index in [9.17, 15) is 4.79 Å². The summed E-state index contributed by atoms with van der Waals surface area (Å²) in [6, 6.07) is 13.9. The highest BCUT2D eigenvalue weighted by Gasteiger charge is 2.14. The van der Waals surface area contributed by atoms with Crippen LogP contribution in [0.4, 0.5) is 5.13 Å². The summed E-state index contributed by atoms with van der Waals surface area (Å²) in [5.41, 5.74) is 4.09. The summed E-state index contributed by atoms with van der Waals surface area (Å²) in [5.74, 6) is 0.437. The van der Waals surface area contributed by atoms with Gasteiger partial charge in [-0.1, -0.05) is 47.2 Å². The Bertz CT molecular complexity index is 1190. The summed E-state index contributed by atoms with van der Waals surface area (Å²) in [6.07, 6.45) is 0. The Kier molecular flexibility index (Phi) is 4.59. The lowest BCUT2D eigenvalue weighted by molar-refractivity contribution is -0.116. The number of carbonyl (C=O) groups excluding carboxylic acids is 1. The third-order valence-corrected chi connectivity index (χ3v) is 5.41. The third kappa shape index (κ3) is 3.67. The van der Waals surface area contributed by atoms with Crippen molar-refractivity contribution in [2.45, 2.75) is 20.4 Å². The van der Waals surface area contributed by atoms with Crippen LogP contribution in [0, 0.1) is 18.6 Å². The fourth-order valence-corrected chi connectivity index (χ4v) is 3.95. The van der Waals surface area contributed by atoms with Crippen molar-refractivity contribution in [2.75, 3.05) is 5.32 Å². The highest BCUT2D eigenvalue weighted by molar-refractivity contribution is 7.71. The van der Waals surface area contributed by atoms with E-state index in [2.05, 4.69) is 26.6 Å². The molecule has 0 radical (unpaired) electrons. The second kappa shape index (κ2) is 7.05. The number of hydrogen-bond acceptors (Lipinski definition) is 5. The summed E-state index contributed by atoms with van der Waals surface area (Å²) in [7, 11) is 0. The molecule has 8 heteroatoms. The van der Waals surface area contributed by atoms with E-state index in [0.29, 0.717) is 15.7 Å². The molecule has 0 bridgehead atoms. The summed E-state index contributed by atoms with van der Waals surface area (Å²) in [6.45, 7) is 4.12. The Balaban J connectivity index is 1.56. The van der Waals surface area contributed by atoms with Crippen LogP contribution in [0.2, 0.25) is 0 Å². The Labute approximate surface area is 164 Å². The largest absolute Gasteiger partial charge is 0.300 e. The molecular formula is C19H17N5OS2. The van der Waals surface area contributed by atoms with E-state index in [1.54, 1.807) is 4.57 Å². The van der Waals surface area contributed by atoms with Crippen molar-refractivity contribution in [1.82, 2.24) is 19.7 Å². The lowest BCUT2D eigenvalue weighted by Crippen LogP contribution is -2.19. The number of nitrogens with zero attached hydrogens (tertiary/aromatic N) is 3. The number of amides is 1. The number of aromatic amines is 1. The van der Waals surface area contributed by atoms with Crippen LogP contribution in [0.1, 0.15) is 11.1 Å². The lowest BCUT2D eigenvalue weighted by atomic mass is 10.1. The standard InChI is InChI=1S/C19H17N5OS2/c1-11-3-6-13(7-4-11)17-22-23-19(26)24(17)10-16(25)21-18-20-14-8-5-12(2)9-15(14)27-18/h3-9H,10H2,1-2H3,(H,23,26)(H,20,21,25). The van der Waals surface area contributed by atoms with Gasteiger partial charge in [0, 0.05) is 5.56 Å². The molecule has 0 atom stereocenters. The van der Waals surface area contributed by atoms with Gasteiger partial charge >= 0.3 is 0 Å². The van der Waals surface area contributed by atoms with Gasteiger partial charge in [-0.15, -0.1) is 0 Å². The Morgan fingerprint density at radius 3 is 2.70 bits per heavy atom. The zero-order valence-corrected chi connectivity index (χ0v) is 16.4. The smallest absolute Gasteiger partial charge is 0.246 e. The van der Waals surface area contributed by atoms with Crippen molar-refractivity contribution in [3.63, 3.8) is 0 Å². The number of rotatable bonds is 4. The quantitative estimate of drug-likeness (QED) is 0.500.